The van der Waals surface area contributed by atoms with Crippen LogP contribution >= 0.6 is 0 Å². The molecule has 1 amide bonds. The van der Waals surface area contributed by atoms with E-state index in [2.05, 4.69) is 5.32 Å². The first-order valence-electron chi connectivity index (χ1n) is 7.78. The van der Waals surface area contributed by atoms with Crippen molar-refractivity contribution in [3.05, 3.63) is 58.1 Å². The quantitative estimate of drug-likeness (QED) is 0.569. The van der Waals surface area contributed by atoms with Crippen LogP contribution < -0.4 is 14.4 Å². The Labute approximate surface area is 156 Å². The van der Waals surface area contributed by atoms with Crippen LogP contribution in [0.2, 0.25) is 0 Å². The van der Waals surface area contributed by atoms with Gasteiger partial charge >= 0.3 is 0 Å². The first-order valence-corrected chi connectivity index (χ1v) is 9.63. The highest BCUT2D eigenvalue weighted by molar-refractivity contribution is 7.92. The molecule has 144 valence electrons. The number of carbonyl (C=O) groups is 1. The summed E-state index contributed by atoms with van der Waals surface area (Å²) in [6.07, 6.45) is 0.994. The minimum absolute atomic E-state index is 0.0778. The molecule has 0 fully saturated rings. The maximum atomic E-state index is 12.4. The number of nitrogens with zero attached hydrogens (tertiary/aromatic N) is 2. The van der Waals surface area contributed by atoms with Gasteiger partial charge in [0.2, 0.25) is 15.9 Å². The smallest absolute Gasteiger partial charge is 0.271 e. The van der Waals surface area contributed by atoms with Gasteiger partial charge in [-0.25, -0.2) is 8.42 Å². The summed E-state index contributed by atoms with van der Waals surface area (Å²) in [5, 5.41) is 13.4. The molecule has 0 saturated carbocycles. The van der Waals surface area contributed by atoms with E-state index in [9.17, 15) is 23.3 Å². The maximum Gasteiger partial charge on any atom is 0.271 e. The number of nitro benzene ring substituents is 1. The van der Waals surface area contributed by atoms with Gasteiger partial charge < -0.3 is 10.1 Å². The molecule has 1 N–H and O–H groups in total. The van der Waals surface area contributed by atoms with Gasteiger partial charge in [-0.1, -0.05) is 17.7 Å². The van der Waals surface area contributed by atoms with Crippen molar-refractivity contribution in [1.29, 1.82) is 0 Å². The molecule has 2 aromatic carbocycles. The molecule has 0 atom stereocenters. The Morgan fingerprint density at radius 2 is 1.85 bits per heavy atom. The zero-order valence-corrected chi connectivity index (χ0v) is 15.8. The number of carbonyl (C=O) groups excluding carboxylic acids is 1. The number of hydrogen-bond donors (Lipinski definition) is 1. The van der Waals surface area contributed by atoms with Crippen LogP contribution in [0.25, 0.3) is 0 Å². The number of benzene rings is 2. The third-order valence-corrected chi connectivity index (χ3v) is 4.82. The van der Waals surface area contributed by atoms with Crippen molar-refractivity contribution in [2.75, 3.05) is 29.5 Å². The minimum atomic E-state index is -3.72. The van der Waals surface area contributed by atoms with Gasteiger partial charge in [-0.05, 0) is 25.1 Å². The molecule has 0 saturated heterocycles. The number of hydrogen-bond acceptors (Lipinski definition) is 6. The van der Waals surface area contributed by atoms with Gasteiger partial charge in [0.05, 0.1) is 29.7 Å². The molecule has 0 aliphatic rings. The molecular weight excluding hydrogens is 374 g/mol. The Kier molecular flexibility index (Phi) is 6.01. The second-order valence-electron chi connectivity index (χ2n) is 5.80. The lowest BCUT2D eigenvalue weighted by Gasteiger charge is -2.22. The van der Waals surface area contributed by atoms with Gasteiger partial charge in [0.1, 0.15) is 12.3 Å². The predicted octanol–water partition coefficient (Wildman–Crippen LogP) is 2.32. The standard InChI is InChI=1S/C17H19N3O6S/c1-12-4-6-13(7-5-12)19(27(3,24)25)11-17(21)18-15-10-14(20(22)23)8-9-16(15)26-2/h4-10H,11H2,1-3H3,(H,18,21). The largest absolute Gasteiger partial charge is 0.495 e. The van der Waals surface area contributed by atoms with Crippen LogP contribution in [0.15, 0.2) is 42.5 Å². The van der Waals surface area contributed by atoms with Crippen LogP contribution in [0.1, 0.15) is 5.56 Å². The fourth-order valence-electron chi connectivity index (χ4n) is 2.34. The minimum Gasteiger partial charge on any atom is -0.495 e. The highest BCUT2D eigenvalue weighted by Crippen LogP contribution is 2.29. The normalized spacial score (nSPS) is 10.9. The first-order chi connectivity index (χ1) is 12.6. The van der Waals surface area contributed by atoms with E-state index in [1.165, 1.54) is 19.2 Å². The van der Waals surface area contributed by atoms with Crippen molar-refractivity contribution in [2.24, 2.45) is 0 Å². The lowest BCUT2D eigenvalue weighted by molar-refractivity contribution is -0.384. The summed E-state index contributed by atoms with van der Waals surface area (Å²) in [7, 11) is -2.37. The summed E-state index contributed by atoms with van der Waals surface area (Å²) in [6.45, 7) is 1.36. The molecule has 2 rings (SSSR count). The van der Waals surface area contributed by atoms with Gasteiger partial charge in [0.15, 0.2) is 0 Å². The number of nitro groups is 1. The zero-order chi connectivity index (χ0) is 20.2. The lowest BCUT2D eigenvalue weighted by atomic mass is 10.2. The van der Waals surface area contributed by atoms with E-state index in [0.717, 1.165) is 22.2 Å². The van der Waals surface area contributed by atoms with Crippen LogP contribution in [0.3, 0.4) is 0 Å². The van der Waals surface area contributed by atoms with E-state index in [-0.39, 0.29) is 17.1 Å². The Morgan fingerprint density at radius 1 is 1.22 bits per heavy atom. The second kappa shape index (κ2) is 8.04. The van der Waals surface area contributed by atoms with Crippen LogP contribution in [-0.2, 0) is 14.8 Å². The number of aryl methyl sites for hydroxylation is 1. The number of nitrogens with one attached hydrogen (secondary N) is 1. The summed E-state index contributed by atoms with van der Waals surface area (Å²) in [6, 6.07) is 10.4. The molecule has 0 radical (unpaired) electrons. The highest BCUT2D eigenvalue weighted by atomic mass is 32.2. The number of methoxy groups -OCH3 is 1. The highest BCUT2D eigenvalue weighted by Gasteiger charge is 2.22. The molecule has 0 aliphatic heterocycles. The predicted molar refractivity (Wildman–Crippen MR) is 102 cm³/mol. The molecule has 0 unspecified atom stereocenters. The fraction of sp³-hybridized carbons (Fsp3) is 0.235. The third-order valence-electron chi connectivity index (χ3n) is 3.68. The molecule has 2 aromatic rings. The molecular formula is C17H19N3O6S. The van der Waals surface area contributed by atoms with Gasteiger partial charge in [-0.2, -0.15) is 0 Å². The molecule has 0 aliphatic carbocycles. The van der Waals surface area contributed by atoms with Crippen molar-refractivity contribution in [2.45, 2.75) is 6.92 Å². The Balaban J connectivity index is 2.27. The average Bonchev–Trinajstić information content (AvgIpc) is 2.59. The van der Waals surface area contributed by atoms with E-state index in [0.29, 0.717) is 5.69 Å². The molecule has 9 nitrogen and oxygen atoms in total. The van der Waals surface area contributed by atoms with E-state index < -0.39 is 27.4 Å². The topological polar surface area (TPSA) is 119 Å². The summed E-state index contributed by atoms with van der Waals surface area (Å²) >= 11 is 0. The van der Waals surface area contributed by atoms with Gasteiger partial charge in [-0.15, -0.1) is 0 Å². The summed E-state index contributed by atoms with van der Waals surface area (Å²) in [4.78, 5) is 22.7. The van der Waals surface area contributed by atoms with Crippen molar-refractivity contribution in [3.8, 4) is 5.75 Å². The van der Waals surface area contributed by atoms with Crippen LogP contribution in [0, 0.1) is 17.0 Å². The van der Waals surface area contributed by atoms with E-state index in [4.69, 9.17) is 4.74 Å². The van der Waals surface area contributed by atoms with Crippen LogP contribution in [0.4, 0.5) is 17.1 Å². The maximum absolute atomic E-state index is 12.4. The molecule has 0 spiro atoms. The Bertz CT molecular complexity index is 957. The van der Waals surface area contributed by atoms with Crippen LogP contribution in [-0.4, -0.2) is 39.2 Å². The number of non-ortho nitro benzene ring substituents is 1. The summed E-state index contributed by atoms with van der Waals surface area (Å²) in [5.74, 6) is -0.449. The zero-order valence-electron chi connectivity index (χ0n) is 15.0. The molecule has 10 heteroatoms. The first kappa shape index (κ1) is 20.2. The van der Waals surface area contributed by atoms with Gasteiger partial charge in [0.25, 0.3) is 5.69 Å². The summed E-state index contributed by atoms with van der Waals surface area (Å²) in [5.41, 5.74) is 1.13. The van der Waals surface area contributed by atoms with Gasteiger partial charge in [0, 0.05) is 12.1 Å². The number of rotatable bonds is 7. The van der Waals surface area contributed by atoms with E-state index >= 15 is 0 Å². The van der Waals surface area contributed by atoms with Gasteiger partial charge in [-0.3, -0.25) is 19.2 Å². The van der Waals surface area contributed by atoms with Crippen molar-refractivity contribution >= 4 is 33.0 Å². The number of sulfonamides is 1. The monoisotopic (exact) mass is 393 g/mol. The molecule has 27 heavy (non-hydrogen) atoms. The fourth-order valence-corrected chi connectivity index (χ4v) is 3.19. The number of amides is 1. The Morgan fingerprint density at radius 3 is 2.37 bits per heavy atom. The van der Waals surface area contributed by atoms with E-state index in [1.807, 2.05) is 6.92 Å². The SMILES string of the molecule is COc1ccc([N+](=O)[O-])cc1NC(=O)CN(c1ccc(C)cc1)S(C)(=O)=O. The lowest BCUT2D eigenvalue weighted by Crippen LogP contribution is -2.37. The van der Waals surface area contributed by atoms with Crippen LogP contribution in [0.5, 0.6) is 5.75 Å². The van der Waals surface area contributed by atoms with Crippen molar-refractivity contribution in [1.82, 2.24) is 0 Å². The second-order valence-corrected chi connectivity index (χ2v) is 7.70. The molecule has 0 bridgehead atoms. The number of anilines is 2. The number of ether oxygens (including phenoxy) is 1. The van der Waals surface area contributed by atoms with Crippen molar-refractivity contribution in [3.63, 3.8) is 0 Å². The Hall–Kier alpha value is -3.14. The van der Waals surface area contributed by atoms with E-state index in [1.54, 1.807) is 24.3 Å². The van der Waals surface area contributed by atoms with Crippen molar-refractivity contribution < 1.29 is 22.9 Å². The molecule has 0 heterocycles. The summed E-state index contributed by atoms with van der Waals surface area (Å²) < 4.78 is 30.2. The third kappa shape index (κ3) is 5.17. The average molecular weight is 393 g/mol. The molecule has 0 aromatic heterocycles.